The number of hydrogen-bond donors (Lipinski definition) is 1. The minimum Gasteiger partial charge on any atom is -0.378 e. The number of aromatic amines is 1. The Labute approximate surface area is 177 Å². The van der Waals surface area contributed by atoms with E-state index in [1.165, 1.54) is 10.4 Å². The van der Waals surface area contributed by atoms with Gasteiger partial charge in [0, 0.05) is 36.1 Å². The summed E-state index contributed by atoms with van der Waals surface area (Å²) in [6.45, 7) is 3.37. The van der Waals surface area contributed by atoms with Gasteiger partial charge in [-0.25, -0.2) is 15.0 Å². The molecule has 0 amide bonds. The summed E-state index contributed by atoms with van der Waals surface area (Å²) in [4.78, 5) is 19.6. The third-order valence-electron chi connectivity index (χ3n) is 5.54. The van der Waals surface area contributed by atoms with Crippen molar-refractivity contribution >= 4 is 38.4 Å². The highest BCUT2D eigenvalue weighted by Gasteiger charge is 2.14. The van der Waals surface area contributed by atoms with Crippen LogP contribution in [0.25, 0.3) is 43.8 Å². The minimum absolute atomic E-state index is 0.771. The maximum Gasteiger partial charge on any atom is 0.156 e. The van der Waals surface area contributed by atoms with Crippen LogP contribution < -0.4 is 4.90 Å². The number of hydrogen-bond acceptors (Lipinski definition) is 6. The van der Waals surface area contributed by atoms with E-state index in [1.54, 1.807) is 11.3 Å². The Morgan fingerprint density at radius 3 is 2.87 bits per heavy atom. The summed E-state index contributed by atoms with van der Waals surface area (Å²) in [5, 5.41) is 0. The molecule has 6 rings (SSSR count). The van der Waals surface area contributed by atoms with Crippen molar-refractivity contribution in [3.8, 4) is 22.4 Å². The molecular weight excluding hydrogens is 394 g/mol. The molecule has 0 atom stereocenters. The third-order valence-corrected chi connectivity index (χ3v) is 6.33. The maximum absolute atomic E-state index is 5.48. The normalized spacial score (nSPS) is 14.6. The fourth-order valence-corrected chi connectivity index (χ4v) is 4.67. The molecule has 1 N–H and O–H groups in total. The topological polar surface area (TPSA) is 66.9 Å². The lowest BCUT2D eigenvalue weighted by Gasteiger charge is -2.29. The van der Waals surface area contributed by atoms with Gasteiger partial charge in [0.2, 0.25) is 0 Å². The predicted molar refractivity (Wildman–Crippen MR) is 121 cm³/mol. The molecule has 0 radical (unpaired) electrons. The van der Waals surface area contributed by atoms with Crippen molar-refractivity contribution in [2.24, 2.45) is 0 Å². The van der Waals surface area contributed by atoms with Crippen LogP contribution in [0.5, 0.6) is 0 Å². The van der Waals surface area contributed by atoms with Gasteiger partial charge in [-0.15, -0.1) is 11.3 Å². The number of fused-ring (bicyclic) bond motifs is 2. The number of nitrogens with one attached hydrogen (secondary N) is 1. The zero-order chi connectivity index (χ0) is 19.9. The highest BCUT2D eigenvalue weighted by Crippen LogP contribution is 2.32. The van der Waals surface area contributed by atoms with Gasteiger partial charge in [-0.05, 0) is 29.8 Å². The smallest absolute Gasteiger partial charge is 0.156 e. The van der Waals surface area contributed by atoms with E-state index in [2.05, 4.69) is 62.3 Å². The monoisotopic (exact) mass is 413 g/mol. The Morgan fingerprint density at radius 1 is 1.00 bits per heavy atom. The van der Waals surface area contributed by atoms with Crippen LogP contribution in [-0.4, -0.2) is 46.2 Å². The SMILES string of the molecule is c1cc(-c2cnc3[nH]cc(-c4ccc5ncsc5c4)c3n2)cc(N2CCOCC2)c1. The molecular formula is C23H19N5OS. The van der Waals surface area contributed by atoms with Gasteiger partial charge < -0.3 is 14.6 Å². The number of aromatic nitrogens is 4. The lowest BCUT2D eigenvalue weighted by molar-refractivity contribution is 0.122. The van der Waals surface area contributed by atoms with E-state index in [-0.39, 0.29) is 0 Å². The summed E-state index contributed by atoms with van der Waals surface area (Å²) < 4.78 is 6.65. The van der Waals surface area contributed by atoms with E-state index < -0.39 is 0 Å². The number of benzene rings is 2. The van der Waals surface area contributed by atoms with Gasteiger partial charge in [-0.1, -0.05) is 18.2 Å². The van der Waals surface area contributed by atoms with Gasteiger partial charge in [-0.3, -0.25) is 0 Å². The first-order valence-electron chi connectivity index (χ1n) is 9.96. The molecule has 0 spiro atoms. The van der Waals surface area contributed by atoms with Crippen molar-refractivity contribution in [3.63, 3.8) is 0 Å². The molecule has 1 saturated heterocycles. The largest absolute Gasteiger partial charge is 0.378 e. The van der Waals surface area contributed by atoms with Gasteiger partial charge >= 0.3 is 0 Å². The van der Waals surface area contributed by atoms with Crippen LogP contribution in [-0.2, 0) is 4.74 Å². The molecule has 0 bridgehead atoms. The van der Waals surface area contributed by atoms with Crippen molar-refractivity contribution in [2.75, 3.05) is 31.2 Å². The fourth-order valence-electron chi connectivity index (χ4n) is 3.96. The molecule has 6 nitrogen and oxygen atoms in total. The van der Waals surface area contributed by atoms with E-state index in [9.17, 15) is 0 Å². The second kappa shape index (κ2) is 7.19. The van der Waals surface area contributed by atoms with Crippen molar-refractivity contribution < 1.29 is 4.74 Å². The quantitative estimate of drug-likeness (QED) is 0.463. The summed E-state index contributed by atoms with van der Waals surface area (Å²) >= 11 is 1.65. The van der Waals surface area contributed by atoms with Crippen molar-refractivity contribution in [2.45, 2.75) is 0 Å². The standard InChI is InChI=1S/C23H19N5OS/c1-2-16(10-17(3-1)28-6-8-29-9-7-28)20-13-25-23-22(27-20)18(12-24-23)15-4-5-19-21(11-15)30-14-26-19/h1-5,10-14H,6-9H2,(H,24,25). The highest BCUT2D eigenvalue weighted by molar-refractivity contribution is 7.16. The number of nitrogens with zero attached hydrogens (tertiary/aromatic N) is 4. The molecule has 0 aliphatic carbocycles. The molecule has 1 aliphatic rings. The molecule has 1 fully saturated rings. The van der Waals surface area contributed by atoms with Crippen molar-refractivity contribution in [3.05, 3.63) is 60.4 Å². The average Bonchev–Trinajstić information content (AvgIpc) is 3.45. The van der Waals surface area contributed by atoms with E-state index in [0.29, 0.717) is 0 Å². The van der Waals surface area contributed by atoms with Crippen LogP contribution in [0.15, 0.2) is 60.4 Å². The highest BCUT2D eigenvalue weighted by atomic mass is 32.1. The Kier molecular flexibility index (Phi) is 4.21. The third kappa shape index (κ3) is 3.03. The van der Waals surface area contributed by atoms with Gasteiger partial charge in [0.25, 0.3) is 0 Å². The molecule has 3 aromatic heterocycles. The molecule has 0 saturated carbocycles. The number of anilines is 1. The Balaban J connectivity index is 1.42. The number of rotatable bonds is 3. The van der Waals surface area contributed by atoms with Crippen LogP contribution in [0.1, 0.15) is 0 Å². The molecule has 7 heteroatoms. The molecule has 4 heterocycles. The first-order valence-corrected chi connectivity index (χ1v) is 10.8. The predicted octanol–water partition coefficient (Wildman–Crippen LogP) is 4.74. The zero-order valence-corrected chi connectivity index (χ0v) is 17.0. The van der Waals surface area contributed by atoms with E-state index >= 15 is 0 Å². The summed E-state index contributed by atoms with van der Waals surface area (Å²) in [7, 11) is 0. The Morgan fingerprint density at radius 2 is 1.93 bits per heavy atom. The minimum atomic E-state index is 0.771. The first kappa shape index (κ1) is 17.6. The van der Waals surface area contributed by atoms with Gasteiger partial charge in [0.15, 0.2) is 5.65 Å². The van der Waals surface area contributed by atoms with E-state index in [1.807, 2.05) is 17.9 Å². The maximum atomic E-state index is 5.48. The van der Waals surface area contributed by atoms with Gasteiger partial charge in [-0.2, -0.15) is 0 Å². The number of ether oxygens (including phenoxy) is 1. The van der Waals surface area contributed by atoms with Gasteiger partial charge in [0.05, 0.1) is 40.8 Å². The number of morpholine rings is 1. The number of thiazole rings is 1. The summed E-state index contributed by atoms with van der Waals surface area (Å²) in [6.07, 6.45) is 3.83. The second-order valence-electron chi connectivity index (χ2n) is 7.34. The summed E-state index contributed by atoms with van der Waals surface area (Å²) in [6, 6.07) is 14.8. The van der Waals surface area contributed by atoms with Gasteiger partial charge in [0.1, 0.15) is 5.52 Å². The average molecular weight is 414 g/mol. The Bertz CT molecular complexity index is 1350. The molecule has 30 heavy (non-hydrogen) atoms. The van der Waals surface area contributed by atoms with Crippen LogP contribution in [0.4, 0.5) is 5.69 Å². The van der Waals surface area contributed by atoms with E-state index in [4.69, 9.17) is 9.72 Å². The van der Waals surface area contributed by atoms with E-state index in [0.717, 1.165) is 65.4 Å². The van der Waals surface area contributed by atoms with Crippen LogP contribution in [0.3, 0.4) is 0 Å². The lowest BCUT2D eigenvalue weighted by Crippen LogP contribution is -2.36. The Hall–Kier alpha value is -3.29. The van der Waals surface area contributed by atoms with Crippen LogP contribution in [0.2, 0.25) is 0 Å². The molecule has 1 aliphatic heterocycles. The zero-order valence-electron chi connectivity index (χ0n) is 16.2. The fraction of sp³-hybridized carbons (Fsp3) is 0.174. The van der Waals surface area contributed by atoms with Crippen LogP contribution >= 0.6 is 11.3 Å². The lowest BCUT2D eigenvalue weighted by atomic mass is 10.1. The molecule has 2 aromatic carbocycles. The van der Waals surface area contributed by atoms with Crippen LogP contribution in [0, 0.1) is 0 Å². The number of H-pyrrole nitrogens is 1. The van der Waals surface area contributed by atoms with Crippen molar-refractivity contribution in [1.29, 1.82) is 0 Å². The van der Waals surface area contributed by atoms with Crippen molar-refractivity contribution in [1.82, 2.24) is 19.9 Å². The molecule has 148 valence electrons. The summed E-state index contributed by atoms with van der Waals surface area (Å²) in [5.74, 6) is 0. The second-order valence-corrected chi connectivity index (χ2v) is 8.23. The molecule has 0 unspecified atom stereocenters. The first-order chi connectivity index (χ1) is 14.8. The summed E-state index contributed by atoms with van der Waals surface area (Å²) in [5.41, 5.74) is 9.89. The molecule has 5 aromatic rings.